The lowest BCUT2D eigenvalue weighted by Gasteiger charge is -1.97. The molecule has 2 aromatic rings. The molecule has 4 nitrogen and oxygen atoms in total. The maximum Gasteiger partial charge on any atom is 0.166 e. The lowest BCUT2D eigenvalue weighted by atomic mass is 10.2. The summed E-state index contributed by atoms with van der Waals surface area (Å²) in [5.41, 5.74) is 2.08. The van der Waals surface area contributed by atoms with Gasteiger partial charge in [0.15, 0.2) is 5.01 Å². The van der Waals surface area contributed by atoms with Crippen molar-refractivity contribution in [1.29, 1.82) is 0 Å². The minimum Gasteiger partial charge on any atom is -0.319 e. The lowest BCUT2D eigenvalue weighted by molar-refractivity contribution is 0.779. The number of nitrogens with one attached hydrogen (secondary N) is 1. The van der Waals surface area contributed by atoms with Crippen molar-refractivity contribution in [1.82, 2.24) is 20.5 Å². The van der Waals surface area contributed by atoms with Crippen LogP contribution in [0.2, 0.25) is 0 Å². The molecule has 2 rings (SSSR count). The Bertz CT molecular complexity index is 467. The van der Waals surface area contributed by atoms with Crippen molar-refractivity contribution in [2.24, 2.45) is 0 Å². The van der Waals surface area contributed by atoms with Gasteiger partial charge in [0.05, 0.1) is 0 Å². The van der Waals surface area contributed by atoms with E-state index >= 15 is 0 Å². The average Bonchev–Trinajstić information content (AvgIpc) is 2.75. The van der Waals surface area contributed by atoms with Crippen molar-refractivity contribution in [3.05, 3.63) is 28.9 Å². The van der Waals surface area contributed by atoms with E-state index < -0.39 is 0 Å². The van der Waals surface area contributed by atoms with E-state index in [2.05, 4.69) is 20.5 Å². The Labute approximate surface area is 98.8 Å². The number of aryl methyl sites for hydroxylation is 1. The Morgan fingerprint density at radius 1 is 1.38 bits per heavy atom. The second-order valence-corrected chi connectivity index (χ2v) is 4.59. The van der Waals surface area contributed by atoms with Gasteiger partial charge in [-0.25, -0.2) is 0 Å². The van der Waals surface area contributed by atoms with Crippen LogP contribution in [0.25, 0.3) is 10.7 Å². The van der Waals surface area contributed by atoms with Crippen LogP contribution in [0.1, 0.15) is 10.6 Å². The summed E-state index contributed by atoms with van der Waals surface area (Å²) in [5, 5.41) is 13.4. The maximum absolute atomic E-state index is 4.33. The predicted molar refractivity (Wildman–Crippen MR) is 65.5 cm³/mol. The molecule has 0 radical (unpaired) electrons. The van der Waals surface area contributed by atoms with Gasteiger partial charge >= 0.3 is 0 Å². The van der Waals surface area contributed by atoms with Gasteiger partial charge in [0.25, 0.3) is 0 Å². The largest absolute Gasteiger partial charge is 0.319 e. The van der Waals surface area contributed by atoms with Crippen LogP contribution in [-0.2, 0) is 6.42 Å². The van der Waals surface area contributed by atoms with Crippen LogP contribution in [0.4, 0.5) is 0 Å². The van der Waals surface area contributed by atoms with Gasteiger partial charge in [0.2, 0.25) is 0 Å². The van der Waals surface area contributed by atoms with Gasteiger partial charge < -0.3 is 5.32 Å². The first kappa shape index (κ1) is 11.2. The third-order valence-electron chi connectivity index (χ3n) is 2.27. The van der Waals surface area contributed by atoms with E-state index in [0.29, 0.717) is 0 Å². The molecule has 0 bridgehead atoms. The molecule has 0 atom stereocenters. The number of hydrogen-bond donors (Lipinski definition) is 1. The lowest BCUT2D eigenvalue weighted by Crippen LogP contribution is -2.09. The summed E-state index contributed by atoms with van der Waals surface area (Å²) in [6, 6.07) is 3.97. The van der Waals surface area contributed by atoms with Gasteiger partial charge in [-0.2, -0.15) is 0 Å². The molecule has 84 valence electrons. The first-order chi connectivity index (χ1) is 7.81. The van der Waals surface area contributed by atoms with Crippen LogP contribution in [0.15, 0.2) is 18.3 Å². The van der Waals surface area contributed by atoms with Crippen LogP contribution in [-0.4, -0.2) is 28.8 Å². The van der Waals surface area contributed by atoms with Gasteiger partial charge in [-0.05, 0) is 25.6 Å². The van der Waals surface area contributed by atoms with Gasteiger partial charge in [0, 0.05) is 19.2 Å². The number of aromatic nitrogens is 3. The van der Waals surface area contributed by atoms with Crippen LogP contribution in [0.5, 0.6) is 0 Å². The minimum absolute atomic E-state index is 0.907. The molecule has 16 heavy (non-hydrogen) atoms. The Balaban J connectivity index is 2.22. The quantitative estimate of drug-likeness (QED) is 0.874. The highest BCUT2D eigenvalue weighted by Crippen LogP contribution is 2.24. The summed E-state index contributed by atoms with van der Waals surface area (Å²) >= 11 is 1.62. The number of rotatable bonds is 4. The molecule has 0 spiro atoms. The fourth-order valence-electron chi connectivity index (χ4n) is 1.39. The number of hydrogen-bond acceptors (Lipinski definition) is 5. The maximum atomic E-state index is 4.33. The first-order valence-electron chi connectivity index (χ1n) is 5.20. The average molecular weight is 234 g/mol. The highest BCUT2D eigenvalue weighted by atomic mass is 32.1. The third kappa shape index (κ3) is 2.43. The smallest absolute Gasteiger partial charge is 0.166 e. The second-order valence-electron chi connectivity index (χ2n) is 3.52. The Kier molecular flexibility index (Phi) is 3.58. The zero-order chi connectivity index (χ0) is 11.4. The molecule has 0 aromatic carbocycles. The van der Waals surface area contributed by atoms with E-state index in [0.717, 1.165) is 34.2 Å². The van der Waals surface area contributed by atoms with Gasteiger partial charge in [-0.15, -0.1) is 10.2 Å². The van der Waals surface area contributed by atoms with Crippen molar-refractivity contribution in [2.45, 2.75) is 13.3 Å². The molecule has 0 fully saturated rings. The van der Waals surface area contributed by atoms with Crippen molar-refractivity contribution in [2.75, 3.05) is 13.6 Å². The van der Waals surface area contributed by atoms with Crippen LogP contribution >= 0.6 is 11.3 Å². The topological polar surface area (TPSA) is 50.7 Å². The molecular formula is C11H14N4S. The number of likely N-dealkylation sites (N-methyl/N-ethyl adjacent to an activating group) is 1. The van der Waals surface area contributed by atoms with E-state index in [1.807, 2.05) is 26.1 Å². The van der Waals surface area contributed by atoms with Crippen molar-refractivity contribution in [3.63, 3.8) is 0 Å². The van der Waals surface area contributed by atoms with E-state index in [-0.39, 0.29) is 0 Å². The zero-order valence-electron chi connectivity index (χ0n) is 9.40. The van der Waals surface area contributed by atoms with Crippen LogP contribution in [0, 0.1) is 6.92 Å². The molecule has 0 saturated heterocycles. The van der Waals surface area contributed by atoms with Gasteiger partial charge in [-0.3, -0.25) is 4.98 Å². The fourth-order valence-corrected chi connectivity index (χ4v) is 2.29. The van der Waals surface area contributed by atoms with E-state index in [4.69, 9.17) is 0 Å². The molecule has 0 aliphatic carbocycles. The normalized spacial score (nSPS) is 10.6. The van der Waals surface area contributed by atoms with Crippen molar-refractivity contribution >= 4 is 11.3 Å². The Morgan fingerprint density at radius 2 is 2.25 bits per heavy atom. The van der Waals surface area contributed by atoms with Gasteiger partial charge in [0.1, 0.15) is 10.7 Å². The Hall–Kier alpha value is -1.33. The van der Waals surface area contributed by atoms with E-state index in [9.17, 15) is 0 Å². The Morgan fingerprint density at radius 3 is 3.00 bits per heavy atom. The van der Waals surface area contributed by atoms with Gasteiger partial charge in [-0.1, -0.05) is 17.4 Å². The molecule has 0 saturated carbocycles. The zero-order valence-corrected chi connectivity index (χ0v) is 10.2. The highest BCUT2D eigenvalue weighted by Gasteiger charge is 2.09. The molecule has 0 aliphatic heterocycles. The summed E-state index contributed by atoms with van der Waals surface area (Å²) in [5.74, 6) is 0. The standard InChI is InChI=1S/C11H14N4S/c1-8-4-3-6-13-10(8)11-15-14-9(16-11)5-7-12-2/h3-4,6,12H,5,7H2,1-2H3. The minimum atomic E-state index is 0.907. The number of pyridine rings is 1. The number of nitrogens with zero attached hydrogens (tertiary/aromatic N) is 3. The highest BCUT2D eigenvalue weighted by molar-refractivity contribution is 7.14. The summed E-state index contributed by atoms with van der Waals surface area (Å²) < 4.78 is 0. The SMILES string of the molecule is CNCCc1nnc(-c2ncccc2C)s1. The summed E-state index contributed by atoms with van der Waals surface area (Å²) in [7, 11) is 1.94. The van der Waals surface area contributed by atoms with Crippen molar-refractivity contribution in [3.8, 4) is 10.7 Å². The molecule has 0 aliphatic rings. The monoisotopic (exact) mass is 234 g/mol. The second kappa shape index (κ2) is 5.14. The van der Waals surface area contributed by atoms with Crippen molar-refractivity contribution < 1.29 is 0 Å². The molecule has 2 heterocycles. The predicted octanol–water partition coefficient (Wildman–Crippen LogP) is 1.67. The molecular weight excluding hydrogens is 220 g/mol. The summed E-state index contributed by atoms with van der Waals surface area (Å²) in [6.45, 7) is 2.97. The molecule has 0 unspecified atom stereocenters. The third-order valence-corrected chi connectivity index (χ3v) is 3.26. The van der Waals surface area contributed by atoms with E-state index in [1.165, 1.54) is 0 Å². The molecule has 5 heteroatoms. The molecule has 2 aromatic heterocycles. The summed E-state index contributed by atoms with van der Waals surface area (Å²) in [4.78, 5) is 4.33. The fraction of sp³-hybridized carbons (Fsp3) is 0.364. The van der Waals surface area contributed by atoms with Crippen LogP contribution in [0.3, 0.4) is 0 Å². The first-order valence-corrected chi connectivity index (χ1v) is 6.02. The summed E-state index contributed by atoms with van der Waals surface area (Å²) in [6.07, 6.45) is 2.71. The van der Waals surface area contributed by atoms with Crippen LogP contribution < -0.4 is 5.32 Å². The molecule has 1 N–H and O–H groups in total. The van der Waals surface area contributed by atoms with E-state index in [1.54, 1.807) is 17.5 Å². The molecule has 0 amide bonds.